The number of aryl methyl sites for hydroxylation is 2. The Kier molecular flexibility index (Phi) is 12.9. The van der Waals surface area contributed by atoms with E-state index in [9.17, 15) is 0 Å². The lowest BCUT2D eigenvalue weighted by Gasteiger charge is -2.32. The Labute approximate surface area is 212 Å². The van der Waals surface area contributed by atoms with Gasteiger partial charge in [-0.05, 0) is 58.0 Å². The van der Waals surface area contributed by atoms with Gasteiger partial charge in [0.25, 0.3) is 0 Å². The summed E-state index contributed by atoms with van der Waals surface area (Å²) in [7, 11) is 0. The maximum atomic E-state index is 4.98. The molecule has 0 saturated carbocycles. The zero-order valence-corrected chi connectivity index (χ0v) is 22.9. The molecule has 32 heavy (non-hydrogen) atoms. The van der Waals surface area contributed by atoms with Gasteiger partial charge in [-0.25, -0.2) is 0 Å². The van der Waals surface area contributed by atoms with Crippen LogP contribution in [0.1, 0.15) is 83.8 Å². The van der Waals surface area contributed by atoms with Crippen LogP contribution in [0.3, 0.4) is 0 Å². The molecular weight excluding hydrogens is 513 g/mol. The fourth-order valence-corrected chi connectivity index (χ4v) is 4.88. The summed E-state index contributed by atoms with van der Waals surface area (Å²) in [6.45, 7) is 13.0. The van der Waals surface area contributed by atoms with Crippen molar-refractivity contribution in [3.63, 3.8) is 0 Å². The summed E-state index contributed by atoms with van der Waals surface area (Å²) < 4.78 is 2.36. The molecule has 2 N–H and O–H groups in total. The van der Waals surface area contributed by atoms with Gasteiger partial charge in [0.2, 0.25) is 0 Å². The van der Waals surface area contributed by atoms with Crippen LogP contribution in [0.25, 0.3) is 0 Å². The van der Waals surface area contributed by atoms with Crippen LogP contribution >= 0.6 is 24.0 Å². The van der Waals surface area contributed by atoms with Crippen LogP contribution in [-0.4, -0.2) is 64.4 Å². The summed E-state index contributed by atoms with van der Waals surface area (Å²) in [5.74, 6) is 3.90. The Balaban J connectivity index is 0.00000363. The van der Waals surface area contributed by atoms with E-state index in [0.717, 1.165) is 57.2 Å². The van der Waals surface area contributed by atoms with Gasteiger partial charge in [0.1, 0.15) is 11.6 Å². The third-order valence-electron chi connectivity index (χ3n) is 6.72. The molecule has 1 fully saturated rings. The molecule has 1 atom stereocenters. The Morgan fingerprint density at radius 3 is 2.41 bits per heavy atom. The van der Waals surface area contributed by atoms with Crippen molar-refractivity contribution < 1.29 is 0 Å². The fraction of sp³-hybridized carbons (Fsp3) is 0.875. The van der Waals surface area contributed by atoms with Crippen molar-refractivity contribution in [2.75, 3.05) is 32.7 Å². The molecule has 1 aromatic rings. The fourth-order valence-electron chi connectivity index (χ4n) is 4.88. The zero-order chi connectivity index (χ0) is 21.9. The quantitative estimate of drug-likeness (QED) is 0.207. The topological polar surface area (TPSA) is 70.4 Å². The first-order chi connectivity index (χ1) is 15.2. The summed E-state index contributed by atoms with van der Waals surface area (Å²) in [6, 6.07) is 0.528. The van der Waals surface area contributed by atoms with E-state index in [4.69, 9.17) is 4.99 Å². The monoisotopic (exact) mass is 559 g/mol. The number of hydrogen-bond donors (Lipinski definition) is 2. The van der Waals surface area contributed by atoms with Gasteiger partial charge in [0.05, 0.1) is 6.54 Å². The van der Waals surface area contributed by atoms with Gasteiger partial charge >= 0.3 is 0 Å². The molecular formula is C24H46IN7. The van der Waals surface area contributed by atoms with Crippen LogP contribution in [0.2, 0.25) is 0 Å². The second-order valence-corrected chi connectivity index (χ2v) is 9.51. The number of fused-ring (bicyclic) bond motifs is 1. The minimum absolute atomic E-state index is 0. The molecule has 0 bridgehead atoms. The van der Waals surface area contributed by atoms with E-state index >= 15 is 0 Å². The molecule has 2 aliphatic rings. The zero-order valence-electron chi connectivity index (χ0n) is 20.6. The van der Waals surface area contributed by atoms with Crippen molar-refractivity contribution in [3.8, 4) is 0 Å². The lowest BCUT2D eigenvalue weighted by molar-refractivity contribution is 0.166. The van der Waals surface area contributed by atoms with E-state index in [1.54, 1.807) is 0 Å². The average molecular weight is 560 g/mol. The molecule has 0 aliphatic carbocycles. The van der Waals surface area contributed by atoms with Gasteiger partial charge in [0, 0.05) is 38.5 Å². The molecule has 0 aromatic carbocycles. The van der Waals surface area contributed by atoms with Crippen molar-refractivity contribution in [2.24, 2.45) is 10.9 Å². The van der Waals surface area contributed by atoms with Gasteiger partial charge in [-0.3, -0.25) is 9.89 Å². The van der Waals surface area contributed by atoms with E-state index in [2.05, 4.69) is 51.1 Å². The Morgan fingerprint density at radius 1 is 0.969 bits per heavy atom. The normalized spacial score (nSPS) is 18.9. The van der Waals surface area contributed by atoms with Crippen molar-refractivity contribution in [1.82, 2.24) is 30.3 Å². The van der Waals surface area contributed by atoms with Crippen LogP contribution < -0.4 is 10.6 Å². The summed E-state index contributed by atoms with van der Waals surface area (Å²) in [4.78, 5) is 7.66. The molecule has 2 aliphatic heterocycles. The average Bonchev–Trinajstić information content (AvgIpc) is 2.96. The van der Waals surface area contributed by atoms with E-state index in [0.29, 0.717) is 12.0 Å². The smallest absolute Gasteiger partial charge is 0.191 e. The standard InChI is InChI=1S/C24H45N7.HI/c1-4-25-24(27-19-21(20(2)3)30-16-9-5-6-10-17-30)26-15-12-14-23-29-28-22-13-8-7-11-18-31(22)23;/h20-21H,4-19H2,1-3H3,(H2,25,26,27);1H. The summed E-state index contributed by atoms with van der Waals surface area (Å²) in [5.41, 5.74) is 0. The summed E-state index contributed by atoms with van der Waals surface area (Å²) in [6.07, 6.45) is 12.3. The van der Waals surface area contributed by atoms with Gasteiger partial charge in [0.15, 0.2) is 5.96 Å². The maximum Gasteiger partial charge on any atom is 0.191 e. The third-order valence-corrected chi connectivity index (χ3v) is 6.72. The molecule has 0 radical (unpaired) electrons. The molecule has 3 heterocycles. The molecule has 3 rings (SSSR count). The Hall–Kier alpha value is -0.900. The lowest BCUT2D eigenvalue weighted by atomic mass is 10.0. The van der Waals surface area contributed by atoms with Gasteiger partial charge < -0.3 is 15.2 Å². The van der Waals surface area contributed by atoms with E-state index in [1.165, 1.54) is 63.9 Å². The predicted molar refractivity (Wildman–Crippen MR) is 144 cm³/mol. The molecule has 1 saturated heterocycles. The summed E-state index contributed by atoms with van der Waals surface area (Å²) in [5, 5.41) is 15.9. The van der Waals surface area contributed by atoms with Crippen molar-refractivity contribution in [1.29, 1.82) is 0 Å². The highest BCUT2D eigenvalue weighted by Gasteiger charge is 2.22. The second kappa shape index (κ2) is 15.1. The number of aromatic nitrogens is 3. The minimum atomic E-state index is 0. The largest absolute Gasteiger partial charge is 0.357 e. The van der Waals surface area contributed by atoms with Crippen LogP contribution in [0.5, 0.6) is 0 Å². The maximum absolute atomic E-state index is 4.98. The second-order valence-electron chi connectivity index (χ2n) is 9.51. The first kappa shape index (κ1) is 27.3. The van der Waals surface area contributed by atoms with Crippen molar-refractivity contribution in [2.45, 2.75) is 97.6 Å². The minimum Gasteiger partial charge on any atom is -0.357 e. The van der Waals surface area contributed by atoms with Crippen molar-refractivity contribution in [3.05, 3.63) is 11.6 Å². The molecule has 7 nitrogen and oxygen atoms in total. The molecule has 8 heteroatoms. The molecule has 0 spiro atoms. The lowest BCUT2D eigenvalue weighted by Crippen LogP contribution is -2.44. The third kappa shape index (κ3) is 8.47. The van der Waals surface area contributed by atoms with Gasteiger partial charge in [-0.15, -0.1) is 34.2 Å². The number of nitrogens with zero attached hydrogens (tertiary/aromatic N) is 5. The molecule has 1 unspecified atom stereocenters. The first-order valence-corrected chi connectivity index (χ1v) is 12.9. The Morgan fingerprint density at radius 2 is 1.69 bits per heavy atom. The van der Waals surface area contributed by atoms with E-state index in [-0.39, 0.29) is 24.0 Å². The number of halogens is 1. The Bertz CT molecular complexity index is 665. The highest BCUT2D eigenvalue weighted by molar-refractivity contribution is 14.0. The first-order valence-electron chi connectivity index (χ1n) is 12.9. The van der Waals surface area contributed by atoms with E-state index in [1.807, 2.05) is 0 Å². The number of guanidine groups is 1. The van der Waals surface area contributed by atoms with Crippen LogP contribution in [0.4, 0.5) is 0 Å². The number of likely N-dealkylation sites (tertiary alicyclic amines) is 1. The number of rotatable bonds is 9. The van der Waals surface area contributed by atoms with Gasteiger partial charge in [-0.2, -0.15) is 0 Å². The van der Waals surface area contributed by atoms with Crippen LogP contribution in [0, 0.1) is 5.92 Å². The van der Waals surface area contributed by atoms with Crippen LogP contribution in [0.15, 0.2) is 4.99 Å². The van der Waals surface area contributed by atoms with Gasteiger partial charge in [-0.1, -0.05) is 33.1 Å². The van der Waals surface area contributed by atoms with Crippen LogP contribution in [-0.2, 0) is 19.4 Å². The summed E-state index contributed by atoms with van der Waals surface area (Å²) >= 11 is 0. The SMILES string of the molecule is CCNC(=NCC(C(C)C)N1CCCCCC1)NCCCc1nnc2n1CCCCC2.I. The highest BCUT2D eigenvalue weighted by Crippen LogP contribution is 2.18. The molecule has 1 aromatic heterocycles. The van der Waals surface area contributed by atoms with Crippen molar-refractivity contribution >= 4 is 29.9 Å². The predicted octanol–water partition coefficient (Wildman–Crippen LogP) is 4.01. The number of hydrogen-bond acceptors (Lipinski definition) is 4. The van der Waals surface area contributed by atoms with E-state index < -0.39 is 0 Å². The number of nitrogens with one attached hydrogen (secondary N) is 2. The highest BCUT2D eigenvalue weighted by atomic mass is 127. The number of aliphatic imine (C=N–C) groups is 1. The molecule has 0 amide bonds. The molecule has 184 valence electrons.